The number of piperidine rings is 1. The first-order chi connectivity index (χ1) is 12.3. The van der Waals surface area contributed by atoms with Gasteiger partial charge in [0.25, 0.3) is 5.91 Å². The van der Waals surface area contributed by atoms with Gasteiger partial charge in [-0.25, -0.2) is 13.4 Å². The summed E-state index contributed by atoms with van der Waals surface area (Å²) in [6.45, 7) is 2.43. The zero-order chi connectivity index (χ0) is 18.9. The summed E-state index contributed by atoms with van der Waals surface area (Å²) in [5.41, 5.74) is 2.33. The number of aryl methyl sites for hydroxylation is 1. The van der Waals surface area contributed by atoms with Gasteiger partial charge >= 0.3 is 0 Å². The number of benzene rings is 1. The minimum absolute atomic E-state index is 0.0709. The molecule has 26 heavy (non-hydrogen) atoms. The maximum atomic E-state index is 12.8. The molecule has 1 aliphatic heterocycles. The summed E-state index contributed by atoms with van der Waals surface area (Å²) in [5, 5.41) is 3.51. The quantitative estimate of drug-likeness (QED) is 0.801. The molecule has 0 saturated carbocycles. The number of nitrogens with zero attached hydrogens (tertiary/aromatic N) is 2. The molecule has 1 N–H and O–H groups in total. The van der Waals surface area contributed by atoms with Crippen LogP contribution < -0.4 is 5.32 Å². The zero-order valence-corrected chi connectivity index (χ0v) is 17.1. The van der Waals surface area contributed by atoms with Crippen molar-refractivity contribution in [3.8, 4) is 0 Å². The Hall–Kier alpha value is -1.19. The second-order valence-electron chi connectivity index (χ2n) is 6.02. The van der Waals surface area contributed by atoms with Crippen LogP contribution in [0.4, 0.5) is 0 Å². The van der Waals surface area contributed by atoms with E-state index in [4.69, 9.17) is 23.2 Å². The molecule has 0 unspecified atom stereocenters. The van der Waals surface area contributed by atoms with Crippen LogP contribution in [0.25, 0.3) is 0 Å². The summed E-state index contributed by atoms with van der Waals surface area (Å²) in [6, 6.07) is 4.20. The van der Waals surface area contributed by atoms with Gasteiger partial charge in [-0.2, -0.15) is 4.31 Å². The average Bonchev–Trinajstić information content (AvgIpc) is 3.00. The molecule has 1 fully saturated rings. The van der Waals surface area contributed by atoms with E-state index in [0.717, 1.165) is 0 Å². The summed E-state index contributed by atoms with van der Waals surface area (Å²) in [7, 11) is -3.67. The number of aromatic nitrogens is 1. The van der Waals surface area contributed by atoms with Gasteiger partial charge in [-0.15, -0.1) is 11.3 Å². The van der Waals surface area contributed by atoms with Gasteiger partial charge in [0, 0.05) is 29.2 Å². The maximum Gasteiger partial charge on any atom is 0.263 e. The lowest BCUT2D eigenvalue weighted by Crippen LogP contribution is -2.46. The monoisotopic (exact) mass is 433 g/mol. The van der Waals surface area contributed by atoms with Crippen LogP contribution in [0.5, 0.6) is 0 Å². The lowest BCUT2D eigenvalue weighted by Gasteiger charge is -2.31. The standard InChI is InChI=1S/C16H17Cl2N3O3S2/c1-10-15(25-9-19-10)16(22)20-13-2-4-21(5-3-13)26(23,24)14-7-11(17)6-12(18)8-14/h6-9,13H,2-5H2,1H3,(H,20,22). The predicted molar refractivity (Wildman–Crippen MR) is 103 cm³/mol. The van der Waals surface area contributed by atoms with E-state index in [9.17, 15) is 13.2 Å². The predicted octanol–water partition coefficient (Wildman–Crippen LogP) is 3.34. The van der Waals surface area contributed by atoms with Gasteiger partial charge < -0.3 is 5.32 Å². The molecule has 10 heteroatoms. The van der Waals surface area contributed by atoms with Gasteiger partial charge in [0.1, 0.15) is 4.88 Å². The van der Waals surface area contributed by atoms with Crippen molar-refractivity contribution in [3.05, 3.63) is 44.3 Å². The number of carbonyl (C=O) groups excluding carboxylic acids is 1. The van der Waals surface area contributed by atoms with E-state index in [1.165, 1.54) is 33.8 Å². The van der Waals surface area contributed by atoms with Crippen LogP contribution in [0.1, 0.15) is 28.2 Å². The Kier molecular flexibility index (Phi) is 5.88. The van der Waals surface area contributed by atoms with Crippen LogP contribution >= 0.6 is 34.5 Å². The highest BCUT2D eigenvalue weighted by Gasteiger charge is 2.30. The number of amides is 1. The third-order valence-electron chi connectivity index (χ3n) is 4.21. The number of thiazole rings is 1. The van der Waals surface area contributed by atoms with Crippen molar-refractivity contribution in [2.45, 2.75) is 30.7 Å². The second kappa shape index (κ2) is 7.82. The molecule has 0 aliphatic carbocycles. The smallest absolute Gasteiger partial charge is 0.263 e. The van der Waals surface area contributed by atoms with Gasteiger partial charge in [0.15, 0.2) is 0 Å². The minimum Gasteiger partial charge on any atom is -0.348 e. The SMILES string of the molecule is Cc1ncsc1C(=O)NC1CCN(S(=O)(=O)c2cc(Cl)cc(Cl)c2)CC1. The maximum absolute atomic E-state index is 12.8. The molecule has 0 radical (unpaired) electrons. The Balaban J connectivity index is 1.64. The molecule has 0 bridgehead atoms. The highest BCUT2D eigenvalue weighted by Crippen LogP contribution is 2.26. The Labute approximate surface area is 166 Å². The van der Waals surface area contributed by atoms with Gasteiger partial charge in [-0.05, 0) is 38.0 Å². The zero-order valence-electron chi connectivity index (χ0n) is 13.9. The molecule has 1 aromatic carbocycles. The van der Waals surface area contributed by atoms with Crippen molar-refractivity contribution in [1.82, 2.24) is 14.6 Å². The van der Waals surface area contributed by atoms with Crippen molar-refractivity contribution in [3.63, 3.8) is 0 Å². The third kappa shape index (κ3) is 4.20. The Morgan fingerprint density at radius 3 is 2.38 bits per heavy atom. The number of rotatable bonds is 4. The highest BCUT2D eigenvalue weighted by molar-refractivity contribution is 7.89. The Morgan fingerprint density at radius 2 is 1.85 bits per heavy atom. The van der Waals surface area contributed by atoms with Gasteiger partial charge in [0.2, 0.25) is 10.0 Å². The normalized spacial score (nSPS) is 16.6. The second-order valence-corrected chi connectivity index (χ2v) is 9.69. The van der Waals surface area contributed by atoms with Crippen molar-refractivity contribution < 1.29 is 13.2 Å². The average molecular weight is 434 g/mol. The number of hydrogen-bond donors (Lipinski definition) is 1. The van der Waals surface area contributed by atoms with Crippen LogP contribution in [0.3, 0.4) is 0 Å². The fraction of sp³-hybridized carbons (Fsp3) is 0.375. The lowest BCUT2D eigenvalue weighted by molar-refractivity contribution is 0.0927. The third-order valence-corrected chi connectivity index (χ3v) is 7.45. The van der Waals surface area contributed by atoms with Crippen molar-refractivity contribution in [1.29, 1.82) is 0 Å². The topological polar surface area (TPSA) is 79.4 Å². The van der Waals surface area contributed by atoms with E-state index in [0.29, 0.717) is 36.5 Å². The number of halogens is 2. The van der Waals surface area contributed by atoms with E-state index in [-0.39, 0.29) is 26.9 Å². The number of sulfonamides is 1. The highest BCUT2D eigenvalue weighted by atomic mass is 35.5. The van der Waals surface area contributed by atoms with Crippen molar-refractivity contribution in [2.24, 2.45) is 0 Å². The largest absolute Gasteiger partial charge is 0.348 e. The van der Waals surface area contributed by atoms with E-state index in [1.807, 2.05) is 0 Å². The molecule has 3 rings (SSSR count). The molecule has 0 atom stereocenters. The first kappa shape index (κ1) is 19.6. The molecule has 1 saturated heterocycles. The fourth-order valence-electron chi connectivity index (χ4n) is 2.84. The van der Waals surface area contributed by atoms with E-state index < -0.39 is 10.0 Å². The Bertz CT molecular complexity index is 902. The van der Waals surface area contributed by atoms with Gasteiger partial charge in [0.05, 0.1) is 16.1 Å². The van der Waals surface area contributed by atoms with Crippen molar-refractivity contribution >= 4 is 50.5 Å². The molecular weight excluding hydrogens is 417 g/mol. The molecule has 1 aromatic heterocycles. The van der Waals surface area contributed by atoms with Crippen LogP contribution in [0.15, 0.2) is 28.6 Å². The van der Waals surface area contributed by atoms with Crippen LogP contribution in [0.2, 0.25) is 10.0 Å². The molecule has 140 valence electrons. The molecule has 2 heterocycles. The number of hydrogen-bond acceptors (Lipinski definition) is 5. The minimum atomic E-state index is -3.67. The molecule has 1 amide bonds. The van der Waals surface area contributed by atoms with Gasteiger partial charge in [-0.1, -0.05) is 23.2 Å². The summed E-state index contributed by atoms with van der Waals surface area (Å²) >= 11 is 13.1. The Morgan fingerprint density at radius 1 is 1.23 bits per heavy atom. The van der Waals surface area contributed by atoms with Crippen LogP contribution in [-0.2, 0) is 10.0 Å². The van der Waals surface area contributed by atoms with Gasteiger partial charge in [-0.3, -0.25) is 4.79 Å². The first-order valence-electron chi connectivity index (χ1n) is 7.94. The molecule has 1 aliphatic rings. The van der Waals surface area contributed by atoms with Crippen molar-refractivity contribution in [2.75, 3.05) is 13.1 Å². The van der Waals surface area contributed by atoms with E-state index in [1.54, 1.807) is 12.4 Å². The molecule has 0 spiro atoms. The molecular formula is C16H17Cl2N3O3S2. The molecule has 6 nitrogen and oxygen atoms in total. The fourth-order valence-corrected chi connectivity index (χ4v) is 5.74. The summed E-state index contributed by atoms with van der Waals surface area (Å²) < 4.78 is 26.9. The summed E-state index contributed by atoms with van der Waals surface area (Å²) in [5.74, 6) is -0.159. The van der Waals surface area contributed by atoms with Crippen LogP contribution in [0, 0.1) is 6.92 Å². The van der Waals surface area contributed by atoms with Crippen LogP contribution in [-0.4, -0.2) is 42.7 Å². The van der Waals surface area contributed by atoms with E-state index >= 15 is 0 Å². The molecule has 2 aromatic rings. The lowest BCUT2D eigenvalue weighted by atomic mass is 10.1. The number of carbonyl (C=O) groups is 1. The van der Waals surface area contributed by atoms with E-state index in [2.05, 4.69) is 10.3 Å². The summed E-state index contributed by atoms with van der Waals surface area (Å²) in [6.07, 6.45) is 1.08. The first-order valence-corrected chi connectivity index (χ1v) is 11.0. The summed E-state index contributed by atoms with van der Waals surface area (Å²) in [4.78, 5) is 17.0. The number of nitrogens with one attached hydrogen (secondary N) is 1.